The van der Waals surface area contributed by atoms with Gasteiger partial charge in [0.15, 0.2) is 0 Å². The van der Waals surface area contributed by atoms with E-state index in [1.54, 1.807) is 0 Å². The Labute approximate surface area is 127 Å². The van der Waals surface area contributed by atoms with Crippen LogP contribution < -0.4 is 5.32 Å². The fourth-order valence-corrected chi connectivity index (χ4v) is 2.87. The number of carboxylic acid groups (broad SMARTS) is 1. The van der Waals surface area contributed by atoms with E-state index in [0.29, 0.717) is 17.7 Å². The second-order valence-electron chi connectivity index (χ2n) is 4.82. The van der Waals surface area contributed by atoms with Gasteiger partial charge in [0.05, 0.1) is 4.88 Å². The minimum absolute atomic E-state index is 0.317. The van der Waals surface area contributed by atoms with Gasteiger partial charge in [-0.1, -0.05) is 30.3 Å². The monoisotopic (exact) mass is 303 g/mol. The highest BCUT2D eigenvalue weighted by Crippen LogP contribution is 2.16. The summed E-state index contributed by atoms with van der Waals surface area (Å²) in [6.07, 6.45) is 0.983. The number of nitrogens with one attached hydrogen (secondary N) is 1. The summed E-state index contributed by atoms with van der Waals surface area (Å²) in [4.78, 5) is 24.0. The van der Waals surface area contributed by atoms with E-state index in [1.165, 1.54) is 11.3 Å². The third-order valence-corrected chi connectivity index (χ3v) is 4.25. The lowest BCUT2D eigenvalue weighted by Gasteiger charge is -2.14. The number of carboxylic acids is 1. The van der Waals surface area contributed by atoms with E-state index in [4.69, 9.17) is 0 Å². The maximum atomic E-state index is 12.1. The topological polar surface area (TPSA) is 66.4 Å². The molecule has 0 radical (unpaired) electrons. The number of aryl methyl sites for hydroxylation is 2. The number of benzene rings is 1. The largest absolute Gasteiger partial charge is 0.480 e. The van der Waals surface area contributed by atoms with Crippen LogP contribution in [0, 0.1) is 6.92 Å². The molecule has 2 rings (SSSR count). The number of amides is 1. The minimum Gasteiger partial charge on any atom is -0.480 e. The molecule has 21 heavy (non-hydrogen) atoms. The summed E-state index contributed by atoms with van der Waals surface area (Å²) in [5, 5.41) is 13.7. The van der Waals surface area contributed by atoms with E-state index in [9.17, 15) is 14.7 Å². The molecule has 0 aliphatic carbocycles. The minimum atomic E-state index is -1.01. The Hall–Kier alpha value is -2.14. The number of hydrogen-bond acceptors (Lipinski definition) is 3. The molecular formula is C16H17NO3S. The summed E-state index contributed by atoms with van der Waals surface area (Å²) in [5.74, 6) is -1.32. The van der Waals surface area contributed by atoms with Crippen LogP contribution in [0.25, 0.3) is 0 Å². The van der Waals surface area contributed by atoms with Gasteiger partial charge in [0.25, 0.3) is 5.91 Å². The molecule has 0 saturated carbocycles. The SMILES string of the molecule is Cc1ccsc1C(=O)N[C@@H](CCc1ccccc1)C(=O)O. The number of aliphatic carboxylic acids is 1. The lowest BCUT2D eigenvalue weighted by Crippen LogP contribution is -2.41. The van der Waals surface area contributed by atoms with Gasteiger partial charge in [-0.15, -0.1) is 11.3 Å². The van der Waals surface area contributed by atoms with E-state index < -0.39 is 12.0 Å². The second-order valence-corrected chi connectivity index (χ2v) is 5.74. The molecule has 4 nitrogen and oxygen atoms in total. The highest BCUT2D eigenvalue weighted by molar-refractivity contribution is 7.12. The molecule has 0 fully saturated rings. The number of carbonyl (C=O) groups is 2. The van der Waals surface area contributed by atoms with Crippen molar-refractivity contribution in [2.75, 3.05) is 0 Å². The number of carbonyl (C=O) groups excluding carboxylic acids is 1. The van der Waals surface area contributed by atoms with Crippen molar-refractivity contribution in [3.63, 3.8) is 0 Å². The Morgan fingerprint density at radius 3 is 2.52 bits per heavy atom. The quantitative estimate of drug-likeness (QED) is 0.862. The van der Waals surface area contributed by atoms with Crippen LogP contribution in [-0.2, 0) is 11.2 Å². The first-order chi connectivity index (χ1) is 10.1. The van der Waals surface area contributed by atoms with Crippen molar-refractivity contribution >= 4 is 23.2 Å². The maximum Gasteiger partial charge on any atom is 0.326 e. The van der Waals surface area contributed by atoms with Crippen LogP contribution >= 0.6 is 11.3 Å². The molecule has 5 heteroatoms. The Bertz CT molecular complexity index is 621. The van der Waals surface area contributed by atoms with E-state index >= 15 is 0 Å². The van der Waals surface area contributed by atoms with Crippen LogP contribution in [0.2, 0.25) is 0 Å². The molecule has 0 bridgehead atoms. The van der Waals surface area contributed by atoms with Crippen molar-refractivity contribution in [1.29, 1.82) is 0 Å². The number of thiophene rings is 1. The number of rotatable bonds is 6. The molecule has 0 spiro atoms. The van der Waals surface area contributed by atoms with Gasteiger partial charge in [0, 0.05) is 0 Å². The van der Waals surface area contributed by atoms with Gasteiger partial charge >= 0.3 is 5.97 Å². The Kier molecular flexibility index (Phi) is 5.11. The summed E-state index contributed by atoms with van der Waals surface area (Å²) in [5.41, 5.74) is 1.93. The molecule has 1 amide bonds. The maximum absolute atomic E-state index is 12.1. The van der Waals surface area contributed by atoms with Gasteiger partial charge < -0.3 is 10.4 Å². The van der Waals surface area contributed by atoms with Crippen molar-refractivity contribution in [2.24, 2.45) is 0 Å². The standard InChI is InChI=1S/C16H17NO3S/c1-11-9-10-21-14(11)15(18)17-13(16(19)20)8-7-12-5-3-2-4-6-12/h2-6,9-10,13H,7-8H2,1H3,(H,17,18)(H,19,20)/t13-/m0/s1. The predicted molar refractivity (Wildman–Crippen MR) is 82.7 cm³/mol. The summed E-state index contributed by atoms with van der Waals surface area (Å²) >= 11 is 1.32. The van der Waals surface area contributed by atoms with Gasteiger partial charge in [0.2, 0.25) is 0 Å². The molecule has 0 aliphatic heterocycles. The molecule has 110 valence electrons. The van der Waals surface area contributed by atoms with E-state index in [0.717, 1.165) is 11.1 Å². The third-order valence-electron chi connectivity index (χ3n) is 3.24. The third kappa shape index (κ3) is 4.16. The Morgan fingerprint density at radius 2 is 1.95 bits per heavy atom. The van der Waals surface area contributed by atoms with Crippen molar-refractivity contribution in [2.45, 2.75) is 25.8 Å². The zero-order chi connectivity index (χ0) is 15.2. The first-order valence-electron chi connectivity index (χ1n) is 6.69. The van der Waals surface area contributed by atoms with Gasteiger partial charge in [-0.05, 0) is 42.3 Å². The normalized spacial score (nSPS) is 11.9. The molecule has 0 unspecified atom stereocenters. The zero-order valence-electron chi connectivity index (χ0n) is 11.7. The Balaban J connectivity index is 1.98. The molecule has 1 atom stereocenters. The van der Waals surface area contributed by atoms with E-state index in [2.05, 4.69) is 5.32 Å². The molecule has 0 saturated heterocycles. The summed E-state index contributed by atoms with van der Waals surface area (Å²) in [6, 6.07) is 10.6. The van der Waals surface area contributed by atoms with Gasteiger partial charge in [-0.2, -0.15) is 0 Å². The molecule has 1 aromatic heterocycles. The van der Waals surface area contributed by atoms with Gasteiger partial charge in [0.1, 0.15) is 6.04 Å². The fourth-order valence-electron chi connectivity index (χ4n) is 2.04. The average Bonchev–Trinajstić information content (AvgIpc) is 2.90. The van der Waals surface area contributed by atoms with E-state index in [1.807, 2.05) is 48.7 Å². The van der Waals surface area contributed by atoms with Crippen LogP contribution in [0.5, 0.6) is 0 Å². The van der Waals surface area contributed by atoms with Gasteiger partial charge in [-0.3, -0.25) is 4.79 Å². The van der Waals surface area contributed by atoms with Crippen molar-refractivity contribution in [1.82, 2.24) is 5.32 Å². The molecule has 0 aliphatic rings. The Morgan fingerprint density at radius 1 is 1.24 bits per heavy atom. The zero-order valence-corrected chi connectivity index (χ0v) is 12.5. The first-order valence-corrected chi connectivity index (χ1v) is 7.57. The molecule has 1 heterocycles. The summed E-state index contributed by atoms with van der Waals surface area (Å²) in [7, 11) is 0. The van der Waals surface area contributed by atoms with Crippen LogP contribution in [0.1, 0.15) is 27.2 Å². The lowest BCUT2D eigenvalue weighted by molar-refractivity contribution is -0.139. The number of hydrogen-bond donors (Lipinski definition) is 2. The molecule has 2 N–H and O–H groups in total. The smallest absolute Gasteiger partial charge is 0.326 e. The van der Waals surface area contributed by atoms with Crippen LogP contribution in [0.15, 0.2) is 41.8 Å². The van der Waals surface area contributed by atoms with Gasteiger partial charge in [-0.25, -0.2) is 4.79 Å². The second kappa shape index (κ2) is 7.04. The highest BCUT2D eigenvalue weighted by Gasteiger charge is 2.21. The van der Waals surface area contributed by atoms with Crippen LogP contribution in [-0.4, -0.2) is 23.0 Å². The fraction of sp³-hybridized carbons (Fsp3) is 0.250. The predicted octanol–water partition coefficient (Wildman–Crippen LogP) is 2.87. The van der Waals surface area contributed by atoms with Crippen molar-refractivity contribution < 1.29 is 14.7 Å². The molecular weight excluding hydrogens is 286 g/mol. The van der Waals surface area contributed by atoms with Crippen LogP contribution in [0.4, 0.5) is 0 Å². The molecule has 1 aromatic carbocycles. The first kappa shape index (κ1) is 15.3. The van der Waals surface area contributed by atoms with Crippen LogP contribution in [0.3, 0.4) is 0 Å². The van der Waals surface area contributed by atoms with E-state index in [-0.39, 0.29) is 5.91 Å². The average molecular weight is 303 g/mol. The lowest BCUT2D eigenvalue weighted by atomic mass is 10.1. The highest BCUT2D eigenvalue weighted by atomic mass is 32.1. The van der Waals surface area contributed by atoms with Crippen molar-refractivity contribution in [3.8, 4) is 0 Å². The van der Waals surface area contributed by atoms with Crippen molar-refractivity contribution in [3.05, 3.63) is 57.8 Å². The summed E-state index contributed by atoms with van der Waals surface area (Å²) in [6.45, 7) is 1.84. The summed E-state index contributed by atoms with van der Waals surface area (Å²) < 4.78 is 0. The molecule has 2 aromatic rings.